The van der Waals surface area contributed by atoms with Gasteiger partial charge in [-0.25, -0.2) is 0 Å². The molecular formula is C11H20N4O. The molecule has 1 heterocycles. The molecule has 90 valence electrons. The van der Waals surface area contributed by atoms with Crippen LogP contribution in [-0.4, -0.2) is 28.3 Å². The minimum atomic E-state index is -0.131. The topological polar surface area (TPSA) is 72.9 Å². The Morgan fingerprint density at radius 3 is 2.69 bits per heavy atom. The van der Waals surface area contributed by atoms with Gasteiger partial charge in [0.15, 0.2) is 0 Å². The van der Waals surface area contributed by atoms with Gasteiger partial charge in [-0.1, -0.05) is 0 Å². The summed E-state index contributed by atoms with van der Waals surface area (Å²) in [4.78, 5) is 11.7. The number of carbonyl (C=O) groups is 1. The van der Waals surface area contributed by atoms with Gasteiger partial charge in [0.2, 0.25) is 0 Å². The van der Waals surface area contributed by atoms with E-state index in [9.17, 15) is 4.79 Å². The second kappa shape index (κ2) is 4.65. The summed E-state index contributed by atoms with van der Waals surface area (Å²) in [5.41, 5.74) is 5.89. The van der Waals surface area contributed by atoms with Crippen LogP contribution in [0.25, 0.3) is 0 Å². The molecule has 1 amide bonds. The SMILES string of the molecule is C[C@@H](CN)NC(=O)c1cnn(C(C)(C)C)c1. The maximum atomic E-state index is 11.7. The molecule has 0 unspecified atom stereocenters. The van der Waals surface area contributed by atoms with Crippen molar-refractivity contribution >= 4 is 5.91 Å². The number of nitrogens with zero attached hydrogens (tertiary/aromatic N) is 2. The standard InChI is InChI=1S/C11H20N4O/c1-8(5-12)14-10(16)9-6-13-15(7-9)11(2,3)4/h6-8H,5,12H2,1-4H3,(H,14,16)/t8-/m0/s1. The van der Waals surface area contributed by atoms with Gasteiger partial charge in [0, 0.05) is 18.8 Å². The van der Waals surface area contributed by atoms with Gasteiger partial charge >= 0.3 is 0 Å². The molecule has 0 aliphatic rings. The monoisotopic (exact) mass is 224 g/mol. The van der Waals surface area contributed by atoms with E-state index in [-0.39, 0.29) is 17.5 Å². The average molecular weight is 224 g/mol. The maximum Gasteiger partial charge on any atom is 0.254 e. The van der Waals surface area contributed by atoms with Crippen LogP contribution in [0.5, 0.6) is 0 Å². The Balaban J connectivity index is 2.75. The first-order chi connectivity index (χ1) is 7.34. The van der Waals surface area contributed by atoms with Crippen molar-refractivity contribution in [3.63, 3.8) is 0 Å². The van der Waals surface area contributed by atoms with E-state index < -0.39 is 0 Å². The van der Waals surface area contributed by atoms with E-state index in [0.717, 1.165) is 0 Å². The van der Waals surface area contributed by atoms with Crippen LogP contribution in [0.15, 0.2) is 12.4 Å². The quantitative estimate of drug-likeness (QED) is 0.794. The molecule has 0 aliphatic carbocycles. The Kier molecular flexibility index (Phi) is 3.70. The van der Waals surface area contributed by atoms with Crippen molar-refractivity contribution in [3.05, 3.63) is 18.0 Å². The van der Waals surface area contributed by atoms with Gasteiger partial charge in [0.25, 0.3) is 5.91 Å². The normalized spacial score (nSPS) is 13.6. The third kappa shape index (κ3) is 3.06. The maximum absolute atomic E-state index is 11.7. The number of nitrogens with one attached hydrogen (secondary N) is 1. The second-order valence-corrected chi connectivity index (χ2v) is 4.95. The number of amides is 1. The molecule has 1 atom stereocenters. The minimum Gasteiger partial charge on any atom is -0.348 e. The van der Waals surface area contributed by atoms with Crippen LogP contribution in [0.3, 0.4) is 0 Å². The smallest absolute Gasteiger partial charge is 0.254 e. The van der Waals surface area contributed by atoms with Crippen LogP contribution in [-0.2, 0) is 5.54 Å². The Bertz CT molecular complexity index is 364. The average Bonchev–Trinajstić information content (AvgIpc) is 2.65. The minimum absolute atomic E-state index is 0.0227. The number of hydrogen-bond donors (Lipinski definition) is 2. The summed E-state index contributed by atoms with van der Waals surface area (Å²) >= 11 is 0. The summed E-state index contributed by atoms with van der Waals surface area (Å²) in [5, 5.41) is 6.96. The van der Waals surface area contributed by atoms with Crippen molar-refractivity contribution in [1.29, 1.82) is 0 Å². The van der Waals surface area contributed by atoms with Crippen LogP contribution >= 0.6 is 0 Å². The zero-order chi connectivity index (χ0) is 12.3. The first kappa shape index (κ1) is 12.7. The van der Waals surface area contributed by atoms with Crippen LogP contribution in [0.1, 0.15) is 38.1 Å². The number of nitrogens with two attached hydrogens (primary N) is 1. The van der Waals surface area contributed by atoms with Gasteiger partial charge in [-0.2, -0.15) is 5.10 Å². The summed E-state index contributed by atoms with van der Waals surface area (Å²) in [7, 11) is 0. The molecule has 0 radical (unpaired) electrons. The molecule has 5 nitrogen and oxygen atoms in total. The van der Waals surface area contributed by atoms with E-state index in [1.54, 1.807) is 17.1 Å². The van der Waals surface area contributed by atoms with Crippen LogP contribution < -0.4 is 11.1 Å². The lowest BCUT2D eigenvalue weighted by Crippen LogP contribution is -2.37. The van der Waals surface area contributed by atoms with Crippen LogP contribution in [0.2, 0.25) is 0 Å². The molecule has 0 spiro atoms. The van der Waals surface area contributed by atoms with Crippen molar-refractivity contribution < 1.29 is 4.79 Å². The molecule has 0 aromatic carbocycles. The predicted molar refractivity (Wildman–Crippen MR) is 63.2 cm³/mol. The Morgan fingerprint density at radius 1 is 1.62 bits per heavy atom. The van der Waals surface area contributed by atoms with Gasteiger partial charge in [0.1, 0.15) is 0 Å². The molecule has 16 heavy (non-hydrogen) atoms. The lowest BCUT2D eigenvalue weighted by Gasteiger charge is -2.18. The van der Waals surface area contributed by atoms with E-state index in [1.807, 2.05) is 27.7 Å². The van der Waals surface area contributed by atoms with Gasteiger partial charge < -0.3 is 11.1 Å². The summed E-state index contributed by atoms with van der Waals surface area (Å²) in [6.07, 6.45) is 3.32. The van der Waals surface area contributed by atoms with E-state index in [2.05, 4.69) is 10.4 Å². The Hall–Kier alpha value is -1.36. The van der Waals surface area contributed by atoms with Gasteiger partial charge in [0.05, 0.1) is 17.3 Å². The third-order valence-electron chi connectivity index (χ3n) is 2.26. The molecule has 1 rings (SSSR count). The highest BCUT2D eigenvalue weighted by molar-refractivity contribution is 5.93. The van der Waals surface area contributed by atoms with Crippen molar-refractivity contribution in [2.45, 2.75) is 39.3 Å². The summed E-state index contributed by atoms with van der Waals surface area (Å²) in [5.74, 6) is -0.131. The molecular weight excluding hydrogens is 204 g/mol. The largest absolute Gasteiger partial charge is 0.348 e. The summed E-state index contributed by atoms with van der Waals surface area (Å²) in [6, 6.07) is -0.0227. The molecule has 0 saturated heterocycles. The predicted octanol–water partition coefficient (Wildman–Crippen LogP) is 0.715. The highest BCUT2D eigenvalue weighted by atomic mass is 16.1. The first-order valence-electron chi connectivity index (χ1n) is 5.40. The van der Waals surface area contributed by atoms with Crippen molar-refractivity contribution in [3.8, 4) is 0 Å². The Labute approximate surface area is 96.0 Å². The molecule has 0 fully saturated rings. The van der Waals surface area contributed by atoms with E-state index in [0.29, 0.717) is 12.1 Å². The zero-order valence-corrected chi connectivity index (χ0v) is 10.3. The lowest BCUT2D eigenvalue weighted by atomic mass is 10.1. The molecule has 0 saturated carbocycles. The fourth-order valence-electron chi connectivity index (χ4n) is 1.17. The van der Waals surface area contributed by atoms with Gasteiger partial charge in [-0.05, 0) is 27.7 Å². The van der Waals surface area contributed by atoms with Crippen molar-refractivity contribution in [1.82, 2.24) is 15.1 Å². The molecule has 0 aliphatic heterocycles. The second-order valence-electron chi connectivity index (χ2n) is 4.95. The molecule has 0 bridgehead atoms. The first-order valence-corrected chi connectivity index (χ1v) is 5.40. The fraction of sp³-hybridized carbons (Fsp3) is 0.636. The van der Waals surface area contributed by atoms with E-state index in [4.69, 9.17) is 5.73 Å². The van der Waals surface area contributed by atoms with Crippen LogP contribution in [0.4, 0.5) is 0 Å². The van der Waals surface area contributed by atoms with E-state index in [1.165, 1.54) is 0 Å². The highest BCUT2D eigenvalue weighted by Crippen LogP contribution is 2.13. The molecule has 1 aromatic heterocycles. The molecule has 1 aromatic rings. The van der Waals surface area contributed by atoms with E-state index >= 15 is 0 Å². The number of hydrogen-bond acceptors (Lipinski definition) is 3. The number of aromatic nitrogens is 2. The third-order valence-corrected chi connectivity index (χ3v) is 2.26. The molecule has 5 heteroatoms. The molecule has 3 N–H and O–H groups in total. The lowest BCUT2D eigenvalue weighted by molar-refractivity contribution is 0.0941. The fourth-order valence-corrected chi connectivity index (χ4v) is 1.17. The number of carbonyl (C=O) groups excluding carboxylic acids is 1. The summed E-state index contributed by atoms with van der Waals surface area (Å²) in [6.45, 7) is 8.39. The van der Waals surface area contributed by atoms with Crippen molar-refractivity contribution in [2.75, 3.05) is 6.54 Å². The van der Waals surface area contributed by atoms with Crippen molar-refractivity contribution in [2.24, 2.45) is 5.73 Å². The highest BCUT2D eigenvalue weighted by Gasteiger charge is 2.17. The number of rotatable bonds is 3. The summed E-state index contributed by atoms with van der Waals surface area (Å²) < 4.78 is 1.77. The van der Waals surface area contributed by atoms with Gasteiger partial charge in [-0.3, -0.25) is 9.48 Å². The van der Waals surface area contributed by atoms with Crippen LogP contribution in [0, 0.1) is 0 Å². The Morgan fingerprint density at radius 2 is 2.25 bits per heavy atom. The van der Waals surface area contributed by atoms with Gasteiger partial charge in [-0.15, -0.1) is 0 Å². The zero-order valence-electron chi connectivity index (χ0n) is 10.3.